The summed E-state index contributed by atoms with van der Waals surface area (Å²) in [6.45, 7) is 20.9. The van der Waals surface area contributed by atoms with Crippen LogP contribution in [0.15, 0.2) is 72.5 Å². The summed E-state index contributed by atoms with van der Waals surface area (Å²) in [6.07, 6.45) is 9.46. The topological polar surface area (TPSA) is 98.5 Å². The lowest BCUT2D eigenvalue weighted by molar-refractivity contribution is -2.00. The van der Waals surface area contributed by atoms with Crippen molar-refractivity contribution < 1.29 is 33.5 Å². The van der Waals surface area contributed by atoms with Crippen molar-refractivity contribution in [3.63, 3.8) is 0 Å². The number of hydrogen-bond acceptors (Lipinski definition) is 5. The zero-order chi connectivity index (χ0) is 29.9. The summed E-state index contributed by atoms with van der Waals surface area (Å²) in [5, 5.41) is 0. The van der Waals surface area contributed by atoms with E-state index in [-0.39, 0.29) is 10.8 Å². The Morgan fingerprint density at radius 1 is 0.800 bits per heavy atom. The lowest BCUT2D eigenvalue weighted by Crippen LogP contribution is -2.68. The van der Waals surface area contributed by atoms with Crippen LogP contribution in [0.25, 0.3) is 0 Å². The summed E-state index contributed by atoms with van der Waals surface area (Å²) in [6, 6.07) is 17.9. The zero-order valence-corrected chi connectivity index (χ0v) is 26.0. The number of hydrogen-bond donors (Lipinski definition) is 0. The van der Waals surface area contributed by atoms with Gasteiger partial charge in [0.05, 0.1) is 5.41 Å². The lowest BCUT2D eigenvalue weighted by Gasteiger charge is -2.27. The molecule has 0 N–H and O–H groups in total. The fourth-order valence-corrected chi connectivity index (χ4v) is 5.77. The van der Waals surface area contributed by atoms with Gasteiger partial charge in [0, 0.05) is 47.5 Å². The molecule has 218 valence electrons. The molecular weight excluding hydrogens is 524 g/mol. The molecule has 0 aliphatic carbocycles. The smallest absolute Gasteiger partial charge is 0.209 e. The van der Waals surface area contributed by atoms with Crippen LogP contribution in [0.3, 0.4) is 0 Å². The SMILES string of the molecule is CC(C)CCN1C(=CC=CC2=[N+](CCC(C)C)c3ccccc3C2(C)C)C(C)(C)c2ccccc21.[O-][Cl+3]([O-])([O-])[O-]. The molecule has 6 nitrogen and oxygen atoms in total. The molecule has 0 saturated carbocycles. The molecule has 2 aromatic carbocycles. The molecule has 7 heteroatoms. The van der Waals surface area contributed by atoms with E-state index in [4.69, 9.17) is 18.6 Å². The molecule has 0 unspecified atom stereocenters. The predicted octanol–water partition coefficient (Wildman–Crippen LogP) is 3.64. The van der Waals surface area contributed by atoms with Gasteiger partial charge in [0.2, 0.25) is 5.69 Å². The van der Waals surface area contributed by atoms with Crippen molar-refractivity contribution in [1.29, 1.82) is 0 Å². The highest BCUT2D eigenvalue weighted by atomic mass is 35.7. The van der Waals surface area contributed by atoms with Gasteiger partial charge in [-0.1, -0.05) is 84.0 Å². The molecule has 40 heavy (non-hydrogen) atoms. The molecule has 4 rings (SSSR count). The van der Waals surface area contributed by atoms with Gasteiger partial charge in [0.1, 0.15) is 6.54 Å². The van der Waals surface area contributed by atoms with Crippen molar-refractivity contribution in [1.82, 2.24) is 0 Å². The zero-order valence-electron chi connectivity index (χ0n) is 25.2. The van der Waals surface area contributed by atoms with Gasteiger partial charge in [-0.25, -0.2) is 18.6 Å². The van der Waals surface area contributed by atoms with Crippen LogP contribution in [0.4, 0.5) is 11.4 Å². The maximum absolute atomic E-state index is 8.49. The second-order valence-electron chi connectivity index (χ2n) is 12.6. The van der Waals surface area contributed by atoms with E-state index in [1.807, 2.05) is 0 Å². The minimum absolute atomic E-state index is 0.00589. The van der Waals surface area contributed by atoms with Gasteiger partial charge >= 0.3 is 0 Å². The predicted molar refractivity (Wildman–Crippen MR) is 152 cm³/mol. The van der Waals surface area contributed by atoms with Gasteiger partial charge in [-0.2, -0.15) is 4.58 Å². The standard InChI is InChI=1S/C33H45N2.ClHO4/c1-24(2)20-22-34-28-16-11-9-14-26(28)32(5,6)30(34)18-13-19-31-33(7,8)27-15-10-12-17-29(27)35(31)23-21-25(3)4;2-1(3,4)5/h9-19,24-25H,20-23H2,1-8H3;(H,2,3,4,5)/q+1;/p-1. The van der Waals surface area contributed by atoms with Crippen LogP contribution in [0.5, 0.6) is 0 Å². The van der Waals surface area contributed by atoms with E-state index in [9.17, 15) is 0 Å². The van der Waals surface area contributed by atoms with E-state index in [0.29, 0.717) is 11.8 Å². The average Bonchev–Trinajstić information content (AvgIpc) is 3.19. The van der Waals surface area contributed by atoms with Crippen LogP contribution < -0.4 is 23.5 Å². The molecule has 0 aromatic heterocycles. The van der Waals surface area contributed by atoms with Gasteiger partial charge in [0.15, 0.2) is 5.71 Å². The highest BCUT2D eigenvalue weighted by molar-refractivity contribution is 6.03. The van der Waals surface area contributed by atoms with Crippen molar-refractivity contribution in [2.75, 3.05) is 18.0 Å². The third kappa shape index (κ3) is 7.42. The Hall–Kier alpha value is -2.48. The normalized spacial score (nSPS) is 18.6. The molecule has 2 aliphatic rings. The van der Waals surface area contributed by atoms with E-state index in [1.54, 1.807) is 0 Å². The monoisotopic (exact) mass is 568 g/mol. The van der Waals surface area contributed by atoms with E-state index in [1.165, 1.54) is 46.8 Å². The van der Waals surface area contributed by atoms with Gasteiger partial charge in [-0.15, -0.1) is 10.2 Å². The first kappa shape index (κ1) is 32.0. The Labute approximate surface area is 242 Å². The summed E-state index contributed by atoms with van der Waals surface area (Å²) in [5.41, 5.74) is 8.40. The van der Waals surface area contributed by atoms with Crippen LogP contribution in [0, 0.1) is 22.1 Å². The van der Waals surface area contributed by atoms with E-state index >= 15 is 0 Å². The largest absolute Gasteiger partial charge is 0.344 e. The van der Waals surface area contributed by atoms with E-state index in [0.717, 1.165) is 13.1 Å². The number of benzene rings is 2. The Kier molecular flexibility index (Phi) is 10.1. The molecule has 0 atom stereocenters. The fourth-order valence-electron chi connectivity index (χ4n) is 5.77. The molecule has 2 aliphatic heterocycles. The number of allylic oxidation sites excluding steroid dienone is 4. The number of fused-ring (bicyclic) bond motifs is 2. The van der Waals surface area contributed by atoms with Gasteiger partial charge in [-0.3, -0.25) is 0 Å². The Morgan fingerprint density at radius 3 is 1.95 bits per heavy atom. The van der Waals surface area contributed by atoms with Crippen LogP contribution >= 0.6 is 0 Å². The van der Waals surface area contributed by atoms with Crippen molar-refractivity contribution in [2.24, 2.45) is 11.8 Å². The second-order valence-corrected chi connectivity index (χ2v) is 13.4. The van der Waals surface area contributed by atoms with Crippen molar-refractivity contribution in [3.05, 3.63) is 83.6 Å². The lowest BCUT2D eigenvalue weighted by atomic mass is 9.81. The minimum atomic E-state index is -4.94. The molecule has 0 spiro atoms. The van der Waals surface area contributed by atoms with Crippen molar-refractivity contribution in [3.8, 4) is 0 Å². The van der Waals surface area contributed by atoms with Gasteiger partial charge in [0.25, 0.3) is 0 Å². The van der Waals surface area contributed by atoms with Crippen LogP contribution in [0.1, 0.15) is 79.4 Å². The Balaban J connectivity index is 0.000000810. The molecule has 0 saturated heterocycles. The van der Waals surface area contributed by atoms with Gasteiger partial charge in [-0.05, 0) is 49.8 Å². The number of anilines is 1. The Bertz CT molecular complexity index is 1260. The Morgan fingerprint density at radius 2 is 1.35 bits per heavy atom. The first-order chi connectivity index (χ1) is 18.5. The summed E-state index contributed by atoms with van der Waals surface area (Å²) < 4.78 is 36.5. The quantitative estimate of drug-likeness (QED) is 0.453. The van der Waals surface area contributed by atoms with Crippen LogP contribution in [-0.2, 0) is 10.8 Å². The number of nitrogens with zero attached hydrogens (tertiary/aromatic N) is 2. The molecular formula is C33H45ClN2O4. The van der Waals surface area contributed by atoms with Crippen LogP contribution in [0.2, 0.25) is 0 Å². The number of rotatable bonds is 8. The molecule has 0 radical (unpaired) electrons. The van der Waals surface area contributed by atoms with E-state index < -0.39 is 10.2 Å². The molecule has 2 aromatic rings. The number of para-hydroxylation sites is 2. The first-order valence-corrected chi connectivity index (χ1v) is 15.4. The molecule has 2 heterocycles. The highest BCUT2D eigenvalue weighted by Crippen LogP contribution is 2.48. The summed E-state index contributed by atoms with van der Waals surface area (Å²) in [5.74, 6) is 1.37. The fraction of sp³-hybridized carbons (Fsp3) is 0.485. The summed E-state index contributed by atoms with van der Waals surface area (Å²) in [4.78, 5) is 2.56. The summed E-state index contributed by atoms with van der Waals surface area (Å²) in [7, 11) is -4.94. The summed E-state index contributed by atoms with van der Waals surface area (Å²) >= 11 is 0. The maximum atomic E-state index is 8.49. The average molecular weight is 569 g/mol. The maximum Gasteiger partial charge on any atom is 0.209 e. The van der Waals surface area contributed by atoms with Crippen LogP contribution in [-0.4, -0.2) is 23.4 Å². The highest BCUT2D eigenvalue weighted by Gasteiger charge is 2.44. The molecule has 0 bridgehead atoms. The van der Waals surface area contributed by atoms with Crippen molar-refractivity contribution in [2.45, 2.75) is 79.1 Å². The minimum Gasteiger partial charge on any atom is -0.344 e. The second kappa shape index (κ2) is 12.6. The van der Waals surface area contributed by atoms with Crippen molar-refractivity contribution >= 4 is 17.1 Å². The molecule has 0 fully saturated rings. The molecule has 0 amide bonds. The van der Waals surface area contributed by atoms with E-state index in [2.05, 4.69) is 132 Å². The third-order valence-electron chi connectivity index (χ3n) is 7.97. The van der Waals surface area contributed by atoms with Gasteiger partial charge < -0.3 is 4.90 Å². The first-order valence-electron chi connectivity index (χ1n) is 14.2. The number of halogens is 1. The third-order valence-corrected chi connectivity index (χ3v) is 7.97.